The van der Waals surface area contributed by atoms with Crippen molar-refractivity contribution in [2.24, 2.45) is 0 Å². The molecule has 1 aromatic carbocycles. The van der Waals surface area contributed by atoms with Gasteiger partial charge in [0.15, 0.2) is 11.4 Å². The molecule has 2 aromatic rings. The van der Waals surface area contributed by atoms with Crippen molar-refractivity contribution in [1.29, 1.82) is 0 Å². The average Bonchev–Trinajstić information content (AvgIpc) is 2.42. The van der Waals surface area contributed by atoms with E-state index in [2.05, 4.69) is 31.4 Å². The molecule has 0 saturated carbocycles. The van der Waals surface area contributed by atoms with Gasteiger partial charge in [0.05, 0.1) is 5.69 Å². The Hall–Kier alpha value is -2.15. The molecule has 1 aromatic heterocycles. The van der Waals surface area contributed by atoms with Gasteiger partial charge in [-0.1, -0.05) is 15.9 Å². The molecule has 0 radical (unpaired) electrons. The Bertz CT molecular complexity index is 601. The number of nitrogens with zero attached hydrogens (tertiary/aromatic N) is 2. The first-order valence-electron chi connectivity index (χ1n) is 5.39. The maximum Gasteiger partial charge on any atom is 0.271 e. The van der Waals surface area contributed by atoms with Crippen molar-refractivity contribution < 1.29 is 9.53 Å². The van der Waals surface area contributed by atoms with E-state index in [4.69, 9.17) is 10.5 Å². The largest absolute Gasteiger partial charge is 0.435 e. The predicted molar refractivity (Wildman–Crippen MR) is 74.1 cm³/mol. The molecule has 3 N–H and O–H groups in total. The molecule has 6 nitrogen and oxygen atoms in total. The Morgan fingerprint density at radius 1 is 1.32 bits per heavy atom. The molecule has 0 aliphatic carbocycles. The number of carbonyl (C=O) groups excluding carboxylic acids is 1. The molecule has 0 saturated heterocycles. The molecule has 19 heavy (non-hydrogen) atoms. The minimum Gasteiger partial charge on any atom is -0.435 e. The van der Waals surface area contributed by atoms with E-state index >= 15 is 0 Å². The lowest BCUT2D eigenvalue weighted by Crippen LogP contribution is -2.19. The number of halogens is 1. The zero-order chi connectivity index (χ0) is 13.8. The highest BCUT2D eigenvalue weighted by atomic mass is 79.9. The Labute approximate surface area is 118 Å². The van der Waals surface area contributed by atoms with Crippen LogP contribution in [0.3, 0.4) is 0 Å². The van der Waals surface area contributed by atoms with Gasteiger partial charge in [-0.25, -0.2) is 0 Å². The number of benzene rings is 1. The lowest BCUT2D eigenvalue weighted by molar-refractivity contribution is 0.0957. The Morgan fingerprint density at radius 3 is 2.68 bits per heavy atom. The van der Waals surface area contributed by atoms with Gasteiger partial charge in [0, 0.05) is 17.6 Å². The Balaban J connectivity index is 2.17. The van der Waals surface area contributed by atoms with E-state index in [9.17, 15) is 4.79 Å². The summed E-state index contributed by atoms with van der Waals surface area (Å²) in [6.07, 6.45) is 0. The first-order chi connectivity index (χ1) is 9.10. The number of nitrogens with one attached hydrogen (secondary N) is 1. The highest BCUT2D eigenvalue weighted by Gasteiger charge is 2.08. The van der Waals surface area contributed by atoms with Crippen molar-refractivity contribution >= 4 is 27.5 Å². The number of nitrogen functional groups attached to an aromatic ring is 1. The zero-order valence-electron chi connectivity index (χ0n) is 10.1. The van der Waals surface area contributed by atoms with E-state index in [1.54, 1.807) is 24.3 Å². The molecule has 7 heteroatoms. The third-order valence-corrected chi connectivity index (χ3v) is 2.78. The molecular formula is C12H11BrN4O2. The summed E-state index contributed by atoms with van der Waals surface area (Å²) in [5.74, 6) is 0.439. The van der Waals surface area contributed by atoms with Gasteiger partial charge in [-0.15, -0.1) is 10.2 Å². The third kappa shape index (κ3) is 3.19. The summed E-state index contributed by atoms with van der Waals surface area (Å²) in [7, 11) is 1.52. The predicted octanol–water partition coefficient (Wildman–Crippen LogP) is 1.97. The van der Waals surface area contributed by atoms with Gasteiger partial charge in [-0.05, 0) is 24.3 Å². The van der Waals surface area contributed by atoms with Crippen molar-refractivity contribution in [3.05, 3.63) is 40.5 Å². The number of hydrogen-bond donors (Lipinski definition) is 2. The standard InChI is InChI=1S/C12H11BrN4O2/c1-15-12(18)9-3-5-11(17-16-9)19-10-4-2-7(13)6-8(10)14/h2-6H,14H2,1H3,(H,15,18). The highest BCUT2D eigenvalue weighted by Crippen LogP contribution is 2.28. The molecule has 0 bridgehead atoms. The van der Waals surface area contributed by atoms with E-state index in [1.165, 1.54) is 13.1 Å². The van der Waals surface area contributed by atoms with Crippen LogP contribution in [0.15, 0.2) is 34.8 Å². The summed E-state index contributed by atoms with van der Waals surface area (Å²) in [4.78, 5) is 11.3. The SMILES string of the molecule is CNC(=O)c1ccc(Oc2ccc(Br)cc2N)nn1. The molecule has 98 valence electrons. The van der Waals surface area contributed by atoms with Crippen LogP contribution in [0, 0.1) is 0 Å². The summed E-state index contributed by atoms with van der Waals surface area (Å²) in [6.45, 7) is 0. The van der Waals surface area contributed by atoms with Crippen molar-refractivity contribution in [1.82, 2.24) is 15.5 Å². The fraction of sp³-hybridized carbons (Fsp3) is 0.0833. The minimum absolute atomic E-state index is 0.221. The van der Waals surface area contributed by atoms with Gasteiger partial charge in [-0.2, -0.15) is 0 Å². The Kier molecular flexibility index (Phi) is 3.96. The fourth-order valence-electron chi connectivity index (χ4n) is 1.35. The first-order valence-corrected chi connectivity index (χ1v) is 6.18. The van der Waals surface area contributed by atoms with Gasteiger partial charge in [0.1, 0.15) is 0 Å². The number of anilines is 1. The number of carbonyl (C=O) groups is 1. The van der Waals surface area contributed by atoms with Gasteiger partial charge < -0.3 is 15.8 Å². The van der Waals surface area contributed by atoms with E-state index in [0.29, 0.717) is 11.4 Å². The van der Waals surface area contributed by atoms with Crippen LogP contribution >= 0.6 is 15.9 Å². The van der Waals surface area contributed by atoms with Gasteiger partial charge >= 0.3 is 0 Å². The van der Waals surface area contributed by atoms with Crippen LogP contribution in [-0.4, -0.2) is 23.2 Å². The fourth-order valence-corrected chi connectivity index (χ4v) is 1.73. The molecule has 0 unspecified atom stereocenters. The number of amides is 1. The van der Waals surface area contributed by atoms with Crippen LogP contribution in [-0.2, 0) is 0 Å². The van der Waals surface area contributed by atoms with Crippen molar-refractivity contribution in [2.75, 3.05) is 12.8 Å². The summed E-state index contributed by atoms with van der Waals surface area (Å²) in [5.41, 5.74) is 6.50. The number of nitrogens with two attached hydrogens (primary N) is 1. The summed E-state index contributed by atoms with van der Waals surface area (Å²) >= 11 is 3.31. The van der Waals surface area contributed by atoms with Crippen LogP contribution in [0.1, 0.15) is 10.5 Å². The van der Waals surface area contributed by atoms with E-state index in [1.807, 2.05) is 0 Å². The summed E-state index contributed by atoms with van der Waals surface area (Å²) in [6, 6.07) is 8.32. The van der Waals surface area contributed by atoms with Crippen LogP contribution in [0.25, 0.3) is 0 Å². The lowest BCUT2D eigenvalue weighted by Gasteiger charge is -2.07. The van der Waals surface area contributed by atoms with Gasteiger partial charge in [-0.3, -0.25) is 4.79 Å². The zero-order valence-corrected chi connectivity index (χ0v) is 11.6. The quantitative estimate of drug-likeness (QED) is 0.843. The van der Waals surface area contributed by atoms with Crippen molar-refractivity contribution in [3.8, 4) is 11.6 Å². The average molecular weight is 323 g/mol. The second-order valence-corrected chi connectivity index (χ2v) is 4.54. The summed E-state index contributed by atoms with van der Waals surface area (Å²) < 4.78 is 6.34. The lowest BCUT2D eigenvalue weighted by atomic mass is 10.3. The number of hydrogen-bond acceptors (Lipinski definition) is 5. The topological polar surface area (TPSA) is 90.1 Å². The van der Waals surface area contributed by atoms with E-state index in [0.717, 1.165) is 4.47 Å². The van der Waals surface area contributed by atoms with E-state index < -0.39 is 0 Å². The minimum atomic E-state index is -0.304. The van der Waals surface area contributed by atoms with Gasteiger partial charge in [0.2, 0.25) is 5.88 Å². The van der Waals surface area contributed by atoms with Crippen molar-refractivity contribution in [3.63, 3.8) is 0 Å². The highest BCUT2D eigenvalue weighted by molar-refractivity contribution is 9.10. The molecule has 1 heterocycles. The normalized spacial score (nSPS) is 10.0. The molecule has 0 spiro atoms. The maximum atomic E-state index is 11.3. The second-order valence-electron chi connectivity index (χ2n) is 3.62. The molecule has 2 rings (SSSR count). The second kappa shape index (κ2) is 5.66. The number of rotatable bonds is 3. The van der Waals surface area contributed by atoms with Gasteiger partial charge in [0.25, 0.3) is 5.91 Å². The van der Waals surface area contributed by atoms with Crippen molar-refractivity contribution in [2.45, 2.75) is 0 Å². The third-order valence-electron chi connectivity index (χ3n) is 2.29. The molecule has 0 fully saturated rings. The number of aromatic nitrogens is 2. The first kappa shape index (κ1) is 13.3. The molecule has 0 atom stereocenters. The van der Waals surface area contributed by atoms with Crippen LogP contribution in [0.5, 0.6) is 11.6 Å². The van der Waals surface area contributed by atoms with E-state index in [-0.39, 0.29) is 17.5 Å². The van der Waals surface area contributed by atoms with Crippen LogP contribution in [0.2, 0.25) is 0 Å². The van der Waals surface area contributed by atoms with Crippen LogP contribution in [0.4, 0.5) is 5.69 Å². The number of ether oxygens (including phenoxy) is 1. The molecular weight excluding hydrogens is 312 g/mol. The molecule has 0 aliphatic heterocycles. The van der Waals surface area contributed by atoms with Crippen LogP contribution < -0.4 is 15.8 Å². The smallest absolute Gasteiger partial charge is 0.271 e. The maximum absolute atomic E-state index is 11.3. The molecule has 0 aliphatic rings. The summed E-state index contributed by atoms with van der Waals surface area (Å²) in [5, 5.41) is 10.0. The monoisotopic (exact) mass is 322 g/mol. The molecule has 1 amide bonds. The Morgan fingerprint density at radius 2 is 2.11 bits per heavy atom.